The molecular formula is C16H26N2. The summed E-state index contributed by atoms with van der Waals surface area (Å²) in [5, 5.41) is 3.61. The largest absolute Gasteiger partial charge is 0.326 e. The van der Waals surface area contributed by atoms with Gasteiger partial charge in [-0.25, -0.2) is 0 Å². The normalized spacial score (nSPS) is 24.1. The maximum Gasteiger partial charge on any atom is 0.0222 e. The minimum atomic E-state index is 0.345. The van der Waals surface area contributed by atoms with Crippen LogP contribution in [0, 0.1) is 0 Å². The first-order valence-corrected chi connectivity index (χ1v) is 7.36. The highest BCUT2D eigenvalue weighted by atomic mass is 15.0. The van der Waals surface area contributed by atoms with Gasteiger partial charge in [0.25, 0.3) is 0 Å². The molecule has 1 aliphatic rings. The SMILES string of the molecule is CCCc1ccc(CNC2CCCCC2N)cc1. The van der Waals surface area contributed by atoms with Crippen LogP contribution in [-0.2, 0) is 13.0 Å². The Balaban J connectivity index is 1.82. The second-order valence-electron chi connectivity index (χ2n) is 5.50. The Morgan fingerprint density at radius 3 is 2.44 bits per heavy atom. The summed E-state index contributed by atoms with van der Waals surface area (Å²) in [6.07, 6.45) is 7.42. The fraction of sp³-hybridized carbons (Fsp3) is 0.625. The van der Waals surface area contributed by atoms with E-state index in [1.54, 1.807) is 0 Å². The lowest BCUT2D eigenvalue weighted by Crippen LogP contribution is -2.46. The predicted molar refractivity (Wildman–Crippen MR) is 77.5 cm³/mol. The Kier molecular flexibility index (Phi) is 5.21. The molecule has 100 valence electrons. The van der Waals surface area contributed by atoms with Crippen molar-refractivity contribution < 1.29 is 0 Å². The second kappa shape index (κ2) is 6.91. The molecule has 0 radical (unpaired) electrons. The van der Waals surface area contributed by atoms with Gasteiger partial charge in [0.1, 0.15) is 0 Å². The number of hydrogen-bond donors (Lipinski definition) is 2. The van der Waals surface area contributed by atoms with Crippen LogP contribution in [0.4, 0.5) is 0 Å². The van der Waals surface area contributed by atoms with E-state index < -0.39 is 0 Å². The van der Waals surface area contributed by atoms with Crippen LogP contribution in [0.3, 0.4) is 0 Å². The van der Waals surface area contributed by atoms with Crippen molar-refractivity contribution in [2.75, 3.05) is 0 Å². The monoisotopic (exact) mass is 246 g/mol. The van der Waals surface area contributed by atoms with Crippen LogP contribution in [0.1, 0.15) is 50.2 Å². The minimum absolute atomic E-state index is 0.345. The molecule has 0 aliphatic heterocycles. The van der Waals surface area contributed by atoms with E-state index in [1.807, 2.05) is 0 Å². The highest BCUT2D eigenvalue weighted by Crippen LogP contribution is 2.17. The fourth-order valence-corrected chi connectivity index (χ4v) is 2.77. The molecular weight excluding hydrogens is 220 g/mol. The van der Waals surface area contributed by atoms with Gasteiger partial charge in [-0.1, -0.05) is 50.5 Å². The minimum Gasteiger partial charge on any atom is -0.326 e. The number of nitrogens with one attached hydrogen (secondary N) is 1. The quantitative estimate of drug-likeness (QED) is 0.838. The topological polar surface area (TPSA) is 38.0 Å². The zero-order valence-electron chi connectivity index (χ0n) is 11.5. The van der Waals surface area contributed by atoms with Crippen LogP contribution in [0.15, 0.2) is 24.3 Å². The van der Waals surface area contributed by atoms with Crippen molar-refractivity contribution >= 4 is 0 Å². The van der Waals surface area contributed by atoms with Crippen molar-refractivity contribution in [2.24, 2.45) is 5.73 Å². The molecule has 1 fully saturated rings. The molecule has 1 aromatic rings. The third-order valence-corrected chi connectivity index (χ3v) is 3.95. The van der Waals surface area contributed by atoms with Gasteiger partial charge in [-0.15, -0.1) is 0 Å². The zero-order valence-corrected chi connectivity index (χ0v) is 11.5. The zero-order chi connectivity index (χ0) is 12.8. The summed E-state index contributed by atoms with van der Waals surface area (Å²) in [4.78, 5) is 0. The predicted octanol–water partition coefficient (Wildman–Crippen LogP) is 3.00. The number of rotatable bonds is 5. The smallest absolute Gasteiger partial charge is 0.0222 e. The van der Waals surface area contributed by atoms with E-state index in [4.69, 9.17) is 5.73 Å². The van der Waals surface area contributed by atoms with Gasteiger partial charge >= 0.3 is 0 Å². The molecule has 3 N–H and O–H groups in total. The van der Waals surface area contributed by atoms with Crippen molar-refractivity contribution in [1.82, 2.24) is 5.32 Å². The molecule has 18 heavy (non-hydrogen) atoms. The summed E-state index contributed by atoms with van der Waals surface area (Å²) in [5.74, 6) is 0. The maximum atomic E-state index is 6.14. The van der Waals surface area contributed by atoms with Crippen molar-refractivity contribution in [2.45, 2.75) is 64.1 Å². The average molecular weight is 246 g/mol. The average Bonchev–Trinajstić information content (AvgIpc) is 2.40. The van der Waals surface area contributed by atoms with Crippen molar-refractivity contribution in [3.05, 3.63) is 35.4 Å². The van der Waals surface area contributed by atoms with Crippen molar-refractivity contribution in [3.8, 4) is 0 Å². The van der Waals surface area contributed by atoms with Crippen molar-refractivity contribution in [3.63, 3.8) is 0 Å². The number of benzene rings is 1. The Morgan fingerprint density at radius 2 is 1.78 bits per heavy atom. The number of nitrogens with two attached hydrogens (primary N) is 1. The van der Waals surface area contributed by atoms with E-state index >= 15 is 0 Å². The highest BCUT2D eigenvalue weighted by Gasteiger charge is 2.20. The molecule has 1 aliphatic carbocycles. The van der Waals surface area contributed by atoms with Gasteiger partial charge in [0.15, 0.2) is 0 Å². The molecule has 0 bridgehead atoms. The summed E-state index contributed by atoms with van der Waals surface area (Å²) in [6.45, 7) is 3.17. The molecule has 0 heterocycles. The Morgan fingerprint density at radius 1 is 1.11 bits per heavy atom. The van der Waals surface area contributed by atoms with E-state index in [9.17, 15) is 0 Å². The third-order valence-electron chi connectivity index (χ3n) is 3.95. The van der Waals surface area contributed by atoms with Crippen molar-refractivity contribution in [1.29, 1.82) is 0 Å². The Hall–Kier alpha value is -0.860. The summed E-state index contributed by atoms with van der Waals surface area (Å²) in [7, 11) is 0. The molecule has 2 rings (SSSR count). The Labute approximate surface area is 111 Å². The molecule has 0 saturated heterocycles. The maximum absolute atomic E-state index is 6.14. The van der Waals surface area contributed by atoms with Crippen LogP contribution in [0.25, 0.3) is 0 Å². The molecule has 2 heteroatoms. The van der Waals surface area contributed by atoms with Crippen LogP contribution in [0.2, 0.25) is 0 Å². The molecule has 0 spiro atoms. The molecule has 2 nitrogen and oxygen atoms in total. The van der Waals surface area contributed by atoms with Crippen LogP contribution < -0.4 is 11.1 Å². The molecule has 0 aromatic heterocycles. The summed E-state index contributed by atoms with van der Waals surface area (Å²) in [5.41, 5.74) is 8.95. The summed E-state index contributed by atoms with van der Waals surface area (Å²) < 4.78 is 0. The highest BCUT2D eigenvalue weighted by molar-refractivity contribution is 5.22. The molecule has 2 atom stereocenters. The van der Waals surface area contributed by atoms with E-state index in [-0.39, 0.29) is 0 Å². The van der Waals surface area contributed by atoms with E-state index in [0.29, 0.717) is 12.1 Å². The number of hydrogen-bond acceptors (Lipinski definition) is 2. The first-order valence-electron chi connectivity index (χ1n) is 7.36. The van der Waals surface area contributed by atoms with Gasteiger partial charge in [-0.05, 0) is 30.4 Å². The fourth-order valence-electron chi connectivity index (χ4n) is 2.77. The summed E-state index contributed by atoms with van der Waals surface area (Å²) >= 11 is 0. The van der Waals surface area contributed by atoms with Gasteiger partial charge in [-0.2, -0.15) is 0 Å². The Bertz CT molecular complexity index is 345. The van der Waals surface area contributed by atoms with E-state index in [1.165, 1.54) is 49.7 Å². The summed E-state index contributed by atoms with van der Waals surface area (Å²) in [6, 6.07) is 9.84. The molecule has 1 saturated carbocycles. The lowest BCUT2D eigenvalue weighted by Gasteiger charge is -2.29. The lowest BCUT2D eigenvalue weighted by atomic mass is 9.91. The van der Waals surface area contributed by atoms with Gasteiger partial charge in [0.2, 0.25) is 0 Å². The first kappa shape index (κ1) is 13.6. The first-order chi connectivity index (χ1) is 8.79. The van der Waals surface area contributed by atoms with Gasteiger partial charge < -0.3 is 11.1 Å². The van der Waals surface area contributed by atoms with E-state index in [0.717, 1.165) is 6.54 Å². The number of aryl methyl sites for hydroxylation is 1. The van der Waals surface area contributed by atoms with Gasteiger partial charge in [-0.3, -0.25) is 0 Å². The van der Waals surface area contributed by atoms with Crippen LogP contribution in [-0.4, -0.2) is 12.1 Å². The van der Waals surface area contributed by atoms with Crippen LogP contribution in [0.5, 0.6) is 0 Å². The standard InChI is InChI=1S/C16H26N2/c1-2-5-13-8-10-14(11-9-13)12-18-16-7-4-3-6-15(16)17/h8-11,15-16,18H,2-7,12,17H2,1H3. The molecule has 0 amide bonds. The van der Waals surface area contributed by atoms with Gasteiger partial charge in [0.05, 0.1) is 0 Å². The second-order valence-corrected chi connectivity index (χ2v) is 5.50. The third kappa shape index (κ3) is 3.82. The van der Waals surface area contributed by atoms with E-state index in [2.05, 4.69) is 36.5 Å². The van der Waals surface area contributed by atoms with Gasteiger partial charge in [0, 0.05) is 18.6 Å². The molecule has 2 unspecified atom stereocenters. The molecule has 1 aromatic carbocycles. The lowest BCUT2D eigenvalue weighted by molar-refractivity contribution is 0.326. The van der Waals surface area contributed by atoms with Crippen LogP contribution >= 0.6 is 0 Å².